The maximum Gasteiger partial charge on any atom is 0.232 e. The fourth-order valence-corrected chi connectivity index (χ4v) is 4.13. The van der Waals surface area contributed by atoms with Crippen LogP contribution in [-0.4, -0.2) is 27.1 Å². The number of amides is 1. The normalized spacial score (nSPS) is 12.4. The van der Waals surface area contributed by atoms with Crippen LogP contribution in [0.5, 0.6) is 0 Å². The highest BCUT2D eigenvalue weighted by Gasteiger charge is 2.18. The first-order valence-electron chi connectivity index (χ1n) is 9.30. The summed E-state index contributed by atoms with van der Waals surface area (Å²) in [6.45, 7) is 4.26. The van der Waals surface area contributed by atoms with E-state index in [4.69, 9.17) is 11.6 Å². The molecule has 7 heteroatoms. The summed E-state index contributed by atoms with van der Waals surface area (Å²) in [5.41, 5.74) is 2.74. The van der Waals surface area contributed by atoms with Crippen molar-refractivity contribution in [2.75, 3.05) is 17.1 Å². The third kappa shape index (κ3) is 6.53. The van der Waals surface area contributed by atoms with Crippen molar-refractivity contribution in [3.8, 4) is 0 Å². The molecule has 0 bridgehead atoms. The molecule has 0 aliphatic rings. The molecule has 0 heterocycles. The molecular formula is C21H27ClN2O3S. The van der Waals surface area contributed by atoms with E-state index < -0.39 is 10.0 Å². The minimum atomic E-state index is -3.46. The third-order valence-corrected chi connectivity index (χ3v) is 5.91. The number of carbonyl (C=O) groups excluding carboxylic acids is 1. The Balaban J connectivity index is 1.96. The van der Waals surface area contributed by atoms with Crippen LogP contribution in [0.15, 0.2) is 48.5 Å². The number of halogens is 1. The molecular weight excluding hydrogens is 396 g/mol. The predicted octanol–water partition coefficient (Wildman–Crippen LogP) is 4.46. The summed E-state index contributed by atoms with van der Waals surface area (Å²) in [5, 5.41) is 3.50. The second-order valence-corrected chi connectivity index (χ2v) is 9.20. The maximum atomic E-state index is 12.4. The molecule has 2 aromatic carbocycles. The number of nitrogens with one attached hydrogen (secondary N) is 1. The van der Waals surface area contributed by atoms with Crippen LogP contribution in [0.3, 0.4) is 0 Å². The van der Waals surface area contributed by atoms with Gasteiger partial charge in [-0.15, -0.1) is 0 Å². The van der Waals surface area contributed by atoms with Gasteiger partial charge in [0.15, 0.2) is 0 Å². The second-order valence-electron chi connectivity index (χ2n) is 6.86. The van der Waals surface area contributed by atoms with Gasteiger partial charge in [0.2, 0.25) is 15.9 Å². The first-order chi connectivity index (χ1) is 13.2. The summed E-state index contributed by atoms with van der Waals surface area (Å²) in [7, 11) is -3.46. The fraction of sp³-hybridized carbons (Fsp3) is 0.381. The predicted molar refractivity (Wildman–Crippen MR) is 115 cm³/mol. The molecule has 5 nitrogen and oxygen atoms in total. The molecule has 0 saturated heterocycles. The molecule has 2 rings (SSSR count). The fourth-order valence-electron chi connectivity index (χ4n) is 2.99. The van der Waals surface area contributed by atoms with E-state index in [-0.39, 0.29) is 24.9 Å². The van der Waals surface area contributed by atoms with E-state index in [0.29, 0.717) is 17.1 Å². The lowest BCUT2D eigenvalue weighted by Gasteiger charge is -2.23. The smallest absolute Gasteiger partial charge is 0.232 e. The van der Waals surface area contributed by atoms with Crippen LogP contribution in [0.4, 0.5) is 5.69 Å². The Bertz CT molecular complexity index is 898. The first-order valence-corrected chi connectivity index (χ1v) is 11.5. The van der Waals surface area contributed by atoms with Crippen molar-refractivity contribution in [1.82, 2.24) is 5.32 Å². The SMILES string of the molecule is CC[C@H](NC(=O)CCCN(c1cccc(Cl)c1)S(C)(=O)=O)c1ccc(C)cc1. The van der Waals surface area contributed by atoms with Gasteiger partial charge in [-0.3, -0.25) is 9.10 Å². The molecule has 0 aromatic heterocycles. The standard InChI is InChI=1S/C21H27ClN2O3S/c1-4-20(17-12-10-16(2)11-13-17)23-21(25)9-6-14-24(28(3,26)27)19-8-5-7-18(22)15-19/h5,7-8,10-13,15,20H,4,6,9,14H2,1-3H3,(H,23,25)/t20-/m0/s1. The van der Waals surface area contributed by atoms with E-state index in [1.807, 2.05) is 38.1 Å². The Morgan fingerprint density at radius 3 is 2.43 bits per heavy atom. The average Bonchev–Trinajstić information content (AvgIpc) is 2.63. The molecule has 0 aliphatic carbocycles. The highest BCUT2D eigenvalue weighted by atomic mass is 35.5. The summed E-state index contributed by atoms with van der Waals surface area (Å²) in [5.74, 6) is -0.0908. The first kappa shape index (κ1) is 22.2. The van der Waals surface area contributed by atoms with Crippen LogP contribution >= 0.6 is 11.6 Å². The largest absolute Gasteiger partial charge is 0.349 e. The van der Waals surface area contributed by atoms with Gasteiger partial charge in [0.25, 0.3) is 0 Å². The number of carbonyl (C=O) groups is 1. The number of benzene rings is 2. The zero-order chi connectivity index (χ0) is 20.7. The molecule has 0 aliphatic heterocycles. The van der Waals surface area contributed by atoms with Crippen LogP contribution < -0.4 is 9.62 Å². The Hall–Kier alpha value is -2.05. The summed E-state index contributed by atoms with van der Waals surface area (Å²) in [6.07, 6.45) is 2.59. The molecule has 152 valence electrons. The van der Waals surface area contributed by atoms with Crippen LogP contribution in [0.25, 0.3) is 0 Å². The molecule has 1 amide bonds. The number of nitrogens with zero attached hydrogens (tertiary/aromatic N) is 1. The third-order valence-electron chi connectivity index (χ3n) is 4.48. The number of aryl methyl sites for hydroxylation is 1. The molecule has 0 saturated carbocycles. The molecule has 1 N–H and O–H groups in total. The van der Waals surface area contributed by atoms with Crippen LogP contribution in [0.1, 0.15) is 43.4 Å². The van der Waals surface area contributed by atoms with Gasteiger partial charge in [0, 0.05) is 18.0 Å². The van der Waals surface area contributed by atoms with Crippen molar-refractivity contribution in [2.45, 2.75) is 39.2 Å². The molecule has 1 atom stereocenters. The Kier molecular flexibility index (Phi) is 7.89. The monoisotopic (exact) mass is 422 g/mol. The quantitative estimate of drug-likeness (QED) is 0.648. The van der Waals surface area contributed by atoms with Crippen molar-refractivity contribution >= 4 is 33.2 Å². The second kappa shape index (κ2) is 9.94. The van der Waals surface area contributed by atoms with Gasteiger partial charge in [-0.2, -0.15) is 0 Å². The summed E-state index contributed by atoms with van der Waals surface area (Å²) in [6, 6.07) is 14.7. The van der Waals surface area contributed by atoms with Gasteiger partial charge in [0.1, 0.15) is 0 Å². The lowest BCUT2D eigenvalue weighted by atomic mass is 10.0. The van der Waals surface area contributed by atoms with Gasteiger partial charge in [-0.05, 0) is 43.5 Å². The summed E-state index contributed by atoms with van der Waals surface area (Å²) in [4.78, 5) is 12.4. The van der Waals surface area contributed by atoms with E-state index in [9.17, 15) is 13.2 Å². The number of rotatable bonds is 9. The highest BCUT2D eigenvalue weighted by molar-refractivity contribution is 7.92. The summed E-state index contributed by atoms with van der Waals surface area (Å²) >= 11 is 5.98. The molecule has 0 spiro atoms. The van der Waals surface area contributed by atoms with Crippen LogP contribution in [0.2, 0.25) is 5.02 Å². The number of hydrogen-bond donors (Lipinski definition) is 1. The summed E-state index contributed by atoms with van der Waals surface area (Å²) < 4.78 is 25.6. The minimum absolute atomic E-state index is 0.0490. The topological polar surface area (TPSA) is 66.5 Å². The van der Waals surface area contributed by atoms with Gasteiger partial charge >= 0.3 is 0 Å². The Morgan fingerprint density at radius 2 is 1.86 bits per heavy atom. The molecule has 0 radical (unpaired) electrons. The van der Waals surface area contributed by atoms with Gasteiger partial charge in [-0.25, -0.2) is 8.42 Å². The molecule has 2 aromatic rings. The van der Waals surface area contributed by atoms with Crippen molar-refractivity contribution in [2.24, 2.45) is 0 Å². The van der Waals surface area contributed by atoms with E-state index in [1.165, 1.54) is 9.87 Å². The Morgan fingerprint density at radius 1 is 1.18 bits per heavy atom. The van der Waals surface area contributed by atoms with Gasteiger partial charge < -0.3 is 5.32 Å². The lowest BCUT2D eigenvalue weighted by Crippen LogP contribution is -2.33. The Labute approximate surface area is 172 Å². The van der Waals surface area contributed by atoms with Crippen molar-refractivity contribution in [3.63, 3.8) is 0 Å². The molecule has 0 fully saturated rings. The minimum Gasteiger partial charge on any atom is -0.349 e. The van der Waals surface area contributed by atoms with E-state index in [1.54, 1.807) is 24.3 Å². The lowest BCUT2D eigenvalue weighted by molar-refractivity contribution is -0.121. The van der Waals surface area contributed by atoms with Crippen molar-refractivity contribution in [1.29, 1.82) is 0 Å². The average molecular weight is 423 g/mol. The van der Waals surface area contributed by atoms with E-state index in [0.717, 1.165) is 18.2 Å². The molecule has 0 unspecified atom stereocenters. The van der Waals surface area contributed by atoms with Crippen LogP contribution in [0, 0.1) is 6.92 Å². The zero-order valence-corrected chi connectivity index (χ0v) is 18.1. The van der Waals surface area contributed by atoms with E-state index in [2.05, 4.69) is 5.32 Å². The van der Waals surface area contributed by atoms with Gasteiger partial charge in [0.05, 0.1) is 18.0 Å². The van der Waals surface area contributed by atoms with Gasteiger partial charge in [-0.1, -0.05) is 54.4 Å². The highest BCUT2D eigenvalue weighted by Crippen LogP contribution is 2.22. The number of sulfonamides is 1. The number of anilines is 1. The molecule has 28 heavy (non-hydrogen) atoms. The maximum absolute atomic E-state index is 12.4. The number of hydrogen-bond acceptors (Lipinski definition) is 3. The zero-order valence-electron chi connectivity index (χ0n) is 16.5. The van der Waals surface area contributed by atoms with Crippen molar-refractivity contribution < 1.29 is 13.2 Å². The van der Waals surface area contributed by atoms with Crippen molar-refractivity contribution in [3.05, 3.63) is 64.7 Å². The van der Waals surface area contributed by atoms with E-state index >= 15 is 0 Å². The van der Waals surface area contributed by atoms with Crippen LogP contribution in [-0.2, 0) is 14.8 Å².